The second-order valence-electron chi connectivity index (χ2n) is 6.08. The largest absolute Gasteiger partial charge is 0.355 e. The molecule has 7 heteroatoms. The lowest BCUT2D eigenvalue weighted by Gasteiger charge is -2.31. The summed E-state index contributed by atoms with van der Waals surface area (Å²) in [7, 11) is 0. The van der Waals surface area contributed by atoms with Crippen molar-refractivity contribution in [3.63, 3.8) is 0 Å². The van der Waals surface area contributed by atoms with Crippen molar-refractivity contribution in [3.05, 3.63) is 41.7 Å². The number of nitrogens with zero attached hydrogens (tertiary/aromatic N) is 7. The minimum Gasteiger partial charge on any atom is -0.355 e. The summed E-state index contributed by atoms with van der Waals surface area (Å²) in [6.07, 6.45) is 5.66. The third-order valence-corrected chi connectivity index (χ3v) is 4.35. The van der Waals surface area contributed by atoms with Gasteiger partial charge in [0.05, 0.1) is 17.6 Å². The van der Waals surface area contributed by atoms with Gasteiger partial charge in [-0.25, -0.2) is 4.98 Å². The summed E-state index contributed by atoms with van der Waals surface area (Å²) in [6, 6.07) is 3.93. The summed E-state index contributed by atoms with van der Waals surface area (Å²) >= 11 is 0. The number of rotatable bonds is 2. The Bertz CT molecular complexity index is 833. The van der Waals surface area contributed by atoms with E-state index in [0.717, 1.165) is 54.6 Å². The van der Waals surface area contributed by atoms with Crippen LogP contribution in [0, 0.1) is 13.8 Å². The van der Waals surface area contributed by atoms with Gasteiger partial charge in [-0.15, -0.1) is 10.2 Å². The molecule has 0 unspecified atom stereocenters. The Kier molecular flexibility index (Phi) is 3.40. The lowest BCUT2D eigenvalue weighted by molar-refractivity contribution is 0.474. The molecule has 23 heavy (non-hydrogen) atoms. The predicted molar refractivity (Wildman–Crippen MR) is 86.5 cm³/mol. The summed E-state index contributed by atoms with van der Waals surface area (Å²) in [5.41, 5.74) is 2.75. The number of hydrogen-bond acceptors (Lipinski definition) is 6. The van der Waals surface area contributed by atoms with Crippen LogP contribution in [0.4, 0.5) is 5.82 Å². The van der Waals surface area contributed by atoms with E-state index in [0.29, 0.717) is 5.92 Å². The van der Waals surface area contributed by atoms with Crippen LogP contribution < -0.4 is 4.90 Å². The molecule has 0 N–H and O–H groups in total. The van der Waals surface area contributed by atoms with Gasteiger partial charge < -0.3 is 4.90 Å². The molecule has 4 heterocycles. The second-order valence-corrected chi connectivity index (χ2v) is 6.08. The molecule has 0 amide bonds. The first-order valence-electron chi connectivity index (χ1n) is 7.93. The maximum Gasteiger partial charge on any atom is 0.177 e. The van der Waals surface area contributed by atoms with E-state index in [1.165, 1.54) is 0 Å². The van der Waals surface area contributed by atoms with E-state index in [1.807, 2.05) is 36.7 Å². The average Bonchev–Trinajstić information content (AvgIpc) is 2.98. The van der Waals surface area contributed by atoms with Gasteiger partial charge in [0.25, 0.3) is 0 Å². The maximum atomic E-state index is 4.56. The molecule has 0 radical (unpaired) electrons. The Labute approximate surface area is 134 Å². The van der Waals surface area contributed by atoms with Crippen molar-refractivity contribution in [2.75, 3.05) is 18.0 Å². The number of aromatic nitrogens is 6. The highest BCUT2D eigenvalue weighted by atomic mass is 15.4. The second kappa shape index (κ2) is 5.57. The molecule has 1 aliphatic heterocycles. The Hall–Kier alpha value is -2.57. The first kappa shape index (κ1) is 14.0. The Morgan fingerprint density at radius 2 is 1.83 bits per heavy atom. The van der Waals surface area contributed by atoms with E-state index >= 15 is 0 Å². The van der Waals surface area contributed by atoms with E-state index in [-0.39, 0.29) is 0 Å². The maximum absolute atomic E-state index is 4.56. The fraction of sp³-hybridized carbons (Fsp3) is 0.438. The molecule has 1 saturated heterocycles. The molecule has 0 atom stereocenters. The van der Waals surface area contributed by atoms with E-state index in [4.69, 9.17) is 0 Å². The summed E-state index contributed by atoms with van der Waals surface area (Å²) in [6.45, 7) is 5.86. The highest BCUT2D eigenvalue weighted by Gasteiger charge is 2.25. The molecule has 0 spiro atoms. The summed E-state index contributed by atoms with van der Waals surface area (Å²) in [5, 5.41) is 13.2. The topological polar surface area (TPSA) is 72.1 Å². The summed E-state index contributed by atoms with van der Waals surface area (Å²) in [4.78, 5) is 11.1. The van der Waals surface area contributed by atoms with Crippen LogP contribution in [0.2, 0.25) is 0 Å². The highest BCUT2D eigenvalue weighted by Crippen LogP contribution is 2.28. The van der Waals surface area contributed by atoms with Crippen molar-refractivity contribution in [1.82, 2.24) is 29.8 Å². The molecular formula is C16H19N7. The van der Waals surface area contributed by atoms with Gasteiger partial charge in [-0.1, -0.05) is 0 Å². The molecule has 0 aromatic carbocycles. The number of aryl methyl sites for hydroxylation is 2. The van der Waals surface area contributed by atoms with Crippen LogP contribution in [0.1, 0.15) is 36.0 Å². The van der Waals surface area contributed by atoms with Gasteiger partial charge in [0.1, 0.15) is 5.82 Å². The molecule has 3 aromatic heterocycles. The molecule has 4 rings (SSSR count). The first-order chi connectivity index (χ1) is 11.2. The quantitative estimate of drug-likeness (QED) is 0.720. The Balaban J connectivity index is 1.54. The zero-order valence-electron chi connectivity index (χ0n) is 13.3. The zero-order chi connectivity index (χ0) is 15.8. The number of anilines is 1. The minimum atomic E-state index is 0.383. The van der Waals surface area contributed by atoms with Crippen molar-refractivity contribution >= 4 is 11.5 Å². The summed E-state index contributed by atoms with van der Waals surface area (Å²) in [5.74, 6) is 2.32. The third-order valence-electron chi connectivity index (χ3n) is 4.35. The molecule has 7 nitrogen and oxygen atoms in total. The smallest absolute Gasteiger partial charge is 0.177 e. The number of piperidine rings is 1. The molecule has 3 aromatic rings. The number of fused-ring (bicyclic) bond motifs is 1. The predicted octanol–water partition coefficient (Wildman–Crippen LogP) is 1.92. The van der Waals surface area contributed by atoms with Gasteiger partial charge in [-0.05, 0) is 38.8 Å². The fourth-order valence-electron chi connectivity index (χ4n) is 3.12. The normalized spacial score (nSPS) is 16.2. The van der Waals surface area contributed by atoms with Crippen LogP contribution in [0.15, 0.2) is 24.5 Å². The van der Waals surface area contributed by atoms with Crippen LogP contribution in [-0.2, 0) is 0 Å². The zero-order valence-corrected chi connectivity index (χ0v) is 13.3. The molecule has 0 aliphatic carbocycles. The van der Waals surface area contributed by atoms with E-state index in [2.05, 4.69) is 30.2 Å². The molecule has 118 valence electrons. The van der Waals surface area contributed by atoms with Crippen molar-refractivity contribution in [2.24, 2.45) is 0 Å². The van der Waals surface area contributed by atoms with Crippen LogP contribution in [0.5, 0.6) is 0 Å². The SMILES string of the molecule is Cc1cncc(N2CCC(c3nnc4ccc(C)nn34)CC2)n1. The van der Waals surface area contributed by atoms with Gasteiger partial charge >= 0.3 is 0 Å². The van der Waals surface area contributed by atoms with Crippen LogP contribution in [0.3, 0.4) is 0 Å². The molecular weight excluding hydrogens is 290 g/mol. The van der Waals surface area contributed by atoms with Crippen molar-refractivity contribution < 1.29 is 0 Å². The highest BCUT2D eigenvalue weighted by molar-refractivity contribution is 5.39. The lowest BCUT2D eigenvalue weighted by atomic mass is 9.96. The van der Waals surface area contributed by atoms with E-state index in [1.54, 1.807) is 6.20 Å². The van der Waals surface area contributed by atoms with Gasteiger partial charge in [0.2, 0.25) is 0 Å². The molecule has 0 bridgehead atoms. The average molecular weight is 309 g/mol. The van der Waals surface area contributed by atoms with Gasteiger partial charge in [0.15, 0.2) is 11.5 Å². The Morgan fingerprint density at radius 3 is 2.61 bits per heavy atom. The molecule has 1 fully saturated rings. The number of hydrogen-bond donors (Lipinski definition) is 0. The molecule has 1 aliphatic rings. The third kappa shape index (κ3) is 2.62. The summed E-state index contributed by atoms with van der Waals surface area (Å²) < 4.78 is 1.89. The van der Waals surface area contributed by atoms with Crippen LogP contribution in [-0.4, -0.2) is 42.9 Å². The van der Waals surface area contributed by atoms with Crippen molar-refractivity contribution in [3.8, 4) is 0 Å². The first-order valence-corrected chi connectivity index (χ1v) is 7.93. The molecule has 0 saturated carbocycles. The van der Waals surface area contributed by atoms with Crippen LogP contribution in [0.25, 0.3) is 5.65 Å². The lowest BCUT2D eigenvalue weighted by Crippen LogP contribution is -2.34. The van der Waals surface area contributed by atoms with Gasteiger partial charge in [0, 0.05) is 25.2 Å². The standard InChI is InChI=1S/C16H19N7/c1-11-3-4-14-19-20-16(23(14)21-11)13-5-7-22(8-6-13)15-10-17-9-12(2)18-15/h3-4,9-10,13H,5-8H2,1-2H3. The van der Waals surface area contributed by atoms with E-state index in [9.17, 15) is 0 Å². The Morgan fingerprint density at radius 1 is 1.00 bits per heavy atom. The van der Waals surface area contributed by atoms with E-state index < -0.39 is 0 Å². The van der Waals surface area contributed by atoms with Crippen LogP contribution >= 0.6 is 0 Å². The fourth-order valence-corrected chi connectivity index (χ4v) is 3.12. The van der Waals surface area contributed by atoms with Crippen molar-refractivity contribution in [2.45, 2.75) is 32.6 Å². The minimum absolute atomic E-state index is 0.383. The van der Waals surface area contributed by atoms with Gasteiger partial charge in [-0.3, -0.25) is 4.98 Å². The van der Waals surface area contributed by atoms with Gasteiger partial charge in [-0.2, -0.15) is 9.61 Å². The monoisotopic (exact) mass is 309 g/mol. The van der Waals surface area contributed by atoms with Crippen molar-refractivity contribution in [1.29, 1.82) is 0 Å².